The van der Waals surface area contributed by atoms with E-state index in [0.717, 1.165) is 34.0 Å². The highest BCUT2D eigenvalue weighted by Crippen LogP contribution is 2.50. The van der Waals surface area contributed by atoms with Crippen molar-refractivity contribution in [1.29, 1.82) is 5.26 Å². The Hall–Kier alpha value is -3.57. The van der Waals surface area contributed by atoms with Crippen LogP contribution in [0.1, 0.15) is 36.0 Å². The van der Waals surface area contributed by atoms with Gasteiger partial charge in [0.25, 0.3) is 0 Å². The van der Waals surface area contributed by atoms with Crippen LogP contribution in [0.25, 0.3) is 16.5 Å². The summed E-state index contributed by atoms with van der Waals surface area (Å²) in [7, 11) is 3.58. The summed E-state index contributed by atoms with van der Waals surface area (Å²) in [6.07, 6.45) is 2.55. The average molecular weight is 457 g/mol. The third kappa shape index (κ3) is 3.40. The van der Waals surface area contributed by atoms with Gasteiger partial charge >= 0.3 is 0 Å². The fraction of sp³-hybridized carbons (Fsp3) is 0.280. The van der Waals surface area contributed by atoms with Crippen LogP contribution in [-0.2, 0) is 11.8 Å². The van der Waals surface area contributed by atoms with Gasteiger partial charge in [-0.1, -0.05) is 18.2 Å². The minimum atomic E-state index is -0.737. The molecule has 0 spiro atoms. The highest BCUT2D eigenvalue weighted by atomic mass is 32.2. The monoisotopic (exact) mass is 456 g/mol. The van der Waals surface area contributed by atoms with E-state index in [4.69, 9.17) is 10.7 Å². The van der Waals surface area contributed by atoms with Crippen molar-refractivity contribution in [2.45, 2.75) is 30.1 Å². The van der Waals surface area contributed by atoms with Crippen LogP contribution in [0.3, 0.4) is 0 Å². The van der Waals surface area contributed by atoms with E-state index in [1.165, 1.54) is 4.90 Å². The first kappa shape index (κ1) is 21.3. The summed E-state index contributed by atoms with van der Waals surface area (Å²) in [5, 5.41) is 16.7. The zero-order valence-corrected chi connectivity index (χ0v) is 19.5. The van der Waals surface area contributed by atoms with Gasteiger partial charge in [0.1, 0.15) is 0 Å². The number of aliphatic imine (C=N–C) groups is 1. The molecule has 0 aliphatic carbocycles. The van der Waals surface area contributed by atoms with Crippen LogP contribution in [0, 0.1) is 11.3 Å². The normalized spacial score (nSPS) is 25.2. The molecule has 3 aromatic rings. The van der Waals surface area contributed by atoms with Crippen LogP contribution in [0.5, 0.6) is 0 Å². The Morgan fingerprint density at radius 1 is 1.24 bits per heavy atom. The third-order valence-electron chi connectivity index (χ3n) is 6.76. The highest BCUT2D eigenvalue weighted by Gasteiger charge is 2.51. The number of allylic oxidation sites excluding steroid dienone is 1. The molecule has 2 aromatic carbocycles. The Bertz CT molecular complexity index is 1380. The second-order valence-corrected chi connectivity index (χ2v) is 9.85. The van der Waals surface area contributed by atoms with Crippen LogP contribution in [-0.4, -0.2) is 44.4 Å². The second-order valence-electron chi connectivity index (χ2n) is 8.78. The number of amides is 1. The van der Waals surface area contributed by atoms with Gasteiger partial charge in [-0.2, -0.15) is 10.4 Å². The van der Waals surface area contributed by atoms with Gasteiger partial charge in [0, 0.05) is 24.7 Å². The minimum absolute atomic E-state index is 0.0176. The van der Waals surface area contributed by atoms with Crippen molar-refractivity contribution in [3.8, 4) is 6.07 Å². The molecular weight excluding hydrogens is 432 g/mol. The van der Waals surface area contributed by atoms with E-state index in [9.17, 15) is 10.1 Å². The van der Waals surface area contributed by atoms with Crippen molar-refractivity contribution in [2.75, 3.05) is 7.05 Å². The number of benzene rings is 2. The predicted molar refractivity (Wildman–Crippen MR) is 131 cm³/mol. The van der Waals surface area contributed by atoms with Crippen molar-refractivity contribution in [1.82, 2.24) is 14.7 Å². The summed E-state index contributed by atoms with van der Waals surface area (Å²) >= 11 is 1.68. The van der Waals surface area contributed by atoms with Gasteiger partial charge < -0.3 is 5.73 Å². The van der Waals surface area contributed by atoms with Gasteiger partial charge in [0.15, 0.2) is 5.96 Å². The fourth-order valence-electron chi connectivity index (χ4n) is 4.82. The quantitative estimate of drug-likeness (QED) is 0.649. The number of carbonyl (C=O) groups is 1. The van der Waals surface area contributed by atoms with Crippen LogP contribution < -0.4 is 5.73 Å². The molecule has 1 aromatic heterocycles. The first-order chi connectivity index (χ1) is 15.8. The maximum absolute atomic E-state index is 13.6. The van der Waals surface area contributed by atoms with Crippen molar-refractivity contribution >= 4 is 40.1 Å². The molecule has 3 atom stereocenters. The van der Waals surface area contributed by atoms with Gasteiger partial charge in [-0.05, 0) is 59.7 Å². The van der Waals surface area contributed by atoms with Crippen molar-refractivity contribution in [3.63, 3.8) is 0 Å². The Morgan fingerprint density at radius 3 is 2.85 bits per heavy atom. The van der Waals surface area contributed by atoms with Gasteiger partial charge in [-0.3, -0.25) is 14.4 Å². The second kappa shape index (κ2) is 7.78. The lowest BCUT2D eigenvalue weighted by atomic mass is 9.74. The number of hydrogen-bond acceptors (Lipinski definition) is 6. The number of likely N-dealkylation sites (N-methyl/N-ethyl adjacent to an activating group) is 1. The minimum Gasteiger partial charge on any atom is -0.369 e. The molecule has 2 aliphatic rings. The average Bonchev–Trinajstić information content (AvgIpc) is 3.45. The summed E-state index contributed by atoms with van der Waals surface area (Å²) in [6.45, 7) is 2.03. The van der Waals surface area contributed by atoms with Crippen LogP contribution in [0.15, 0.2) is 59.1 Å². The van der Waals surface area contributed by atoms with Gasteiger partial charge in [-0.25, -0.2) is 4.99 Å². The lowest BCUT2D eigenvalue weighted by Gasteiger charge is -2.43. The van der Waals surface area contributed by atoms with Crippen LogP contribution >= 0.6 is 11.8 Å². The topological polar surface area (TPSA) is 100 Å². The SMILES string of the molecule is CN1C(=O)[C@H](c2ccc3c(cnn3C)c2)[C@@](C)(C2CC(c3cccc(C#N)c3)=CS2)N=C1N. The number of nitriles is 1. The molecule has 0 fully saturated rings. The maximum Gasteiger partial charge on any atom is 0.239 e. The largest absolute Gasteiger partial charge is 0.369 e. The molecule has 1 amide bonds. The first-order valence-corrected chi connectivity index (χ1v) is 11.7. The lowest BCUT2D eigenvalue weighted by molar-refractivity contribution is -0.130. The number of fused-ring (bicyclic) bond motifs is 1. The third-order valence-corrected chi connectivity index (χ3v) is 8.15. The number of thioether (sulfide) groups is 1. The maximum atomic E-state index is 13.6. The molecule has 0 saturated heterocycles. The van der Waals surface area contributed by atoms with E-state index in [-0.39, 0.29) is 17.1 Å². The molecule has 7 nitrogen and oxygen atoms in total. The summed E-state index contributed by atoms with van der Waals surface area (Å²) in [4.78, 5) is 19.9. The summed E-state index contributed by atoms with van der Waals surface area (Å²) in [5.74, 6) is -0.300. The molecule has 8 heteroatoms. The van der Waals surface area contributed by atoms with E-state index < -0.39 is 11.5 Å². The van der Waals surface area contributed by atoms with E-state index in [2.05, 4.69) is 16.6 Å². The predicted octanol–water partition coefficient (Wildman–Crippen LogP) is 3.62. The first-order valence-electron chi connectivity index (χ1n) is 10.7. The number of rotatable bonds is 3. The lowest BCUT2D eigenvalue weighted by Crippen LogP contribution is -2.57. The van der Waals surface area contributed by atoms with Crippen molar-refractivity contribution in [3.05, 3.63) is 70.8 Å². The molecule has 5 rings (SSSR count). The molecule has 2 aliphatic heterocycles. The van der Waals surface area contributed by atoms with Crippen molar-refractivity contribution in [2.24, 2.45) is 17.8 Å². The van der Waals surface area contributed by atoms with Crippen LogP contribution in [0.2, 0.25) is 0 Å². The number of guanidine groups is 1. The van der Waals surface area contributed by atoms with Crippen molar-refractivity contribution < 1.29 is 4.79 Å². The number of carbonyl (C=O) groups excluding carboxylic acids is 1. The Labute approximate surface area is 196 Å². The summed E-state index contributed by atoms with van der Waals surface area (Å²) < 4.78 is 1.82. The van der Waals surface area contributed by atoms with Crippen LogP contribution in [0.4, 0.5) is 0 Å². The summed E-state index contributed by atoms with van der Waals surface area (Å²) in [5.41, 5.74) is 10.2. The number of hydrogen-bond donors (Lipinski definition) is 1. The fourth-order valence-corrected chi connectivity index (χ4v) is 6.12. The Morgan fingerprint density at radius 2 is 2.06 bits per heavy atom. The van der Waals surface area contributed by atoms with Gasteiger partial charge in [-0.15, -0.1) is 11.8 Å². The molecule has 0 bridgehead atoms. The van der Waals surface area contributed by atoms with E-state index in [0.29, 0.717) is 5.56 Å². The standard InChI is InChI=1S/C25H24N6OS/c1-25(21-11-19(14-33-21)16-6-4-5-15(9-16)12-26)22(23(32)30(2)24(27)29-25)17-7-8-20-18(10-17)13-28-31(20)3/h4-10,13-14,21-22H,11H2,1-3H3,(H2,27,29)/t21?,22-,25+/m0/s1. The number of nitrogens with two attached hydrogens (primary N) is 1. The van der Waals surface area contributed by atoms with E-state index >= 15 is 0 Å². The number of aryl methyl sites for hydroxylation is 1. The zero-order valence-electron chi connectivity index (χ0n) is 18.7. The molecule has 0 radical (unpaired) electrons. The summed E-state index contributed by atoms with van der Waals surface area (Å²) in [6, 6.07) is 15.9. The molecular formula is C25H24N6OS. The molecule has 33 heavy (non-hydrogen) atoms. The van der Waals surface area contributed by atoms with E-state index in [1.807, 2.05) is 61.2 Å². The zero-order chi connectivity index (χ0) is 23.3. The van der Waals surface area contributed by atoms with Gasteiger partial charge in [0.2, 0.25) is 5.91 Å². The molecule has 1 unspecified atom stereocenters. The smallest absolute Gasteiger partial charge is 0.239 e. The molecule has 166 valence electrons. The number of aromatic nitrogens is 2. The molecule has 3 heterocycles. The Balaban J connectivity index is 1.54. The number of nitrogens with zero attached hydrogens (tertiary/aromatic N) is 5. The van der Waals surface area contributed by atoms with Gasteiger partial charge in [0.05, 0.1) is 34.8 Å². The Kier molecular flexibility index (Phi) is 5.02. The highest BCUT2D eigenvalue weighted by molar-refractivity contribution is 8.03. The molecule has 2 N–H and O–H groups in total. The molecule has 0 saturated carbocycles. The van der Waals surface area contributed by atoms with E-state index in [1.54, 1.807) is 24.9 Å².